The molecule has 0 aliphatic carbocycles. The predicted molar refractivity (Wildman–Crippen MR) is 72.8 cm³/mol. The molecule has 2 aromatic carbocycles. The Hall–Kier alpha value is -2.50. The van der Waals surface area contributed by atoms with Gasteiger partial charge in [0.1, 0.15) is 5.52 Å². The highest BCUT2D eigenvalue weighted by molar-refractivity contribution is 5.74. The maximum atomic E-state index is 12.4. The fourth-order valence-corrected chi connectivity index (χ4v) is 1.94. The summed E-state index contributed by atoms with van der Waals surface area (Å²) in [5.41, 5.74) is 1.44. The molecule has 0 radical (unpaired) electrons. The predicted octanol–water partition coefficient (Wildman–Crippen LogP) is 4.46. The number of benzene rings is 2. The first-order valence-electron chi connectivity index (χ1n) is 6.28. The van der Waals surface area contributed by atoms with E-state index in [4.69, 9.17) is 4.42 Å². The van der Waals surface area contributed by atoms with Gasteiger partial charge in [0.05, 0.1) is 5.56 Å². The summed E-state index contributed by atoms with van der Waals surface area (Å²) < 4.78 is 42.8. The monoisotopic (exact) mass is 292 g/mol. The van der Waals surface area contributed by atoms with Crippen molar-refractivity contribution in [1.29, 1.82) is 0 Å². The second-order valence-electron chi connectivity index (χ2n) is 4.53. The van der Waals surface area contributed by atoms with Crippen LogP contribution in [-0.4, -0.2) is 4.98 Å². The lowest BCUT2D eigenvalue weighted by molar-refractivity contribution is -0.137. The van der Waals surface area contributed by atoms with Crippen LogP contribution in [0.5, 0.6) is 0 Å². The third-order valence-corrected chi connectivity index (χ3v) is 3.02. The maximum Gasteiger partial charge on any atom is 0.416 e. The molecule has 1 heterocycles. The normalized spacial score (nSPS) is 11.8. The average molecular weight is 292 g/mol. The summed E-state index contributed by atoms with van der Waals surface area (Å²) in [7, 11) is 0. The molecule has 0 bridgehead atoms. The van der Waals surface area contributed by atoms with E-state index < -0.39 is 11.7 Å². The molecule has 0 amide bonds. The van der Waals surface area contributed by atoms with Gasteiger partial charge in [-0.05, 0) is 29.8 Å². The highest BCUT2D eigenvalue weighted by Gasteiger charge is 2.29. The minimum absolute atomic E-state index is 0.338. The van der Waals surface area contributed by atoms with Crippen LogP contribution in [-0.2, 0) is 12.7 Å². The van der Waals surface area contributed by atoms with Crippen LogP contribution in [0.2, 0.25) is 0 Å². The van der Waals surface area contributed by atoms with Gasteiger partial charge < -0.3 is 9.73 Å². The molecule has 3 rings (SSSR count). The second kappa shape index (κ2) is 5.12. The fourth-order valence-electron chi connectivity index (χ4n) is 1.94. The number of anilines is 1. The molecule has 108 valence electrons. The van der Waals surface area contributed by atoms with E-state index in [1.807, 2.05) is 18.2 Å². The van der Waals surface area contributed by atoms with Crippen LogP contribution in [0.1, 0.15) is 11.1 Å². The standard InChI is InChI=1S/C15H11F3N2O/c16-15(17,18)11-7-5-10(6-8-11)9-19-14-20-12-3-1-2-4-13(12)21-14/h1-8H,9H2,(H,19,20). The van der Waals surface area contributed by atoms with Crippen LogP contribution in [0, 0.1) is 0 Å². The maximum absolute atomic E-state index is 12.4. The largest absolute Gasteiger partial charge is 0.424 e. The van der Waals surface area contributed by atoms with E-state index in [0.29, 0.717) is 23.7 Å². The number of hydrogen-bond acceptors (Lipinski definition) is 3. The van der Waals surface area contributed by atoms with E-state index in [-0.39, 0.29) is 0 Å². The van der Waals surface area contributed by atoms with Gasteiger partial charge in [0.15, 0.2) is 5.58 Å². The number of halogens is 3. The van der Waals surface area contributed by atoms with Gasteiger partial charge in [-0.15, -0.1) is 0 Å². The number of nitrogens with one attached hydrogen (secondary N) is 1. The van der Waals surface area contributed by atoms with E-state index in [0.717, 1.165) is 17.6 Å². The van der Waals surface area contributed by atoms with Crippen LogP contribution in [0.3, 0.4) is 0 Å². The number of oxazole rings is 1. The second-order valence-corrected chi connectivity index (χ2v) is 4.53. The molecule has 0 atom stereocenters. The van der Waals surface area contributed by atoms with Crippen molar-refractivity contribution in [2.75, 3.05) is 5.32 Å². The van der Waals surface area contributed by atoms with Crippen molar-refractivity contribution in [2.45, 2.75) is 12.7 Å². The van der Waals surface area contributed by atoms with Crippen molar-refractivity contribution in [2.24, 2.45) is 0 Å². The molecule has 0 spiro atoms. The van der Waals surface area contributed by atoms with Crippen LogP contribution in [0.25, 0.3) is 11.1 Å². The summed E-state index contributed by atoms with van der Waals surface area (Å²) in [4.78, 5) is 4.23. The molecule has 0 aliphatic rings. The highest BCUT2D eigenvalue weighted by Crippen LogP contribution is 2.29. The summed E-state index contributed by atoms with van der Waals surface area (Å²) in [6.07, 6.45) is -4.31. The first kappa shape index (κ1) is 13.5. The lowest BCUT2D eigenvalue weighted by Crippen LogP contribution is -2.05. The molecule has 0 saturated carbocycles. The zero-order valence-corrected chi connectivity index (χ0v) is 10.8. The smallest absolute Gasteiger partial charge is 0.416 e. The summed E-state index contributed by atoms with van der Waals surface area (Å²) in [5, 5.41) is 2.95. The van der Waals surface area contributed by atoms with Crippen LogP contribution >= 0.6 is 0 Å². The van der Waals surface area contributed by atoms with Crippen molar-refractivity contribution in [3.63, 3.8) is 0 Å². The number of rotatable bonds is 3. The Bertz CT molecular complexity index is 714. The third-order valence-electron chi connectivity index (χ3n) is 3.02. The van der Waals surface area contributed by atoms with Gasteiger partial charge in [-0.2, -0.15) is 18.2 Å². The van der Waals surface area contributed by atoms with E-state index >= 15 is 0 Å². The van der Waals surface area contributed by atoms with Crippen molar-refractivity contribution in [1.82, 2.24) is 4.98 Å². The van der Waals surface area contributed by atoms with Gasteiger partial charge in [-0.1, -0.05) is 24.3 Å². The first-order chi connectivity index (χ1) is 10.0. The van der Waals surface area contributed by atoms with E-state index in [1.54, 1.807) is 6.07 Å². The van der Waals surface area contributed by atoms with E-state index in [2.05, 4.69) is 10.3 Å². The summed E-state index contributed by atoms with van der Waals surface area (Å²) in [6.45, 7) is 0.338. The van der Waals surface area contributed by atoms with Crippen molar-refractivity contribution in [3.8, 4) is 0 Å². The number of nitrogens with zero attached hydrogens (tertiary/aromatic N) is 1. The molecule has 0 unspecified atom stereocenters. The number of aromatic nitrogens is 1. The van der Waals surface area contributed by atoms with Crippen molar-refractivity contribution < 1.29 is 17.6 Å². The summed E-state index contributed by atoms with van der Waals surface area (Å²) in [5.74, 6) is 0. The molecule has 1 aromatic heterocycles. The summed E-state index contributed by atoms with van der Waals surface area (Å²) in [6, 6.07) is 12.6. The number of fused-ring (bicyclic) bond motifs is 1. The van der Waals surface area contributed by atoms with Crippen LogP contribution < -0.4 is 5.32 Å². The average Bonchev–Trinajstić information content (AvgIpc) is 2.87. The Balaban J connectivity index is 1.69. The van der Waals surface area contributed by atoms with E-state index in [9.17, 15) is 13.2 Å². The molecule has 0 fully saturated rings. The summed E-state index contributed by atoms with van der Waals surface area (Å²) >= 11 is 0. The lowest BCUT2D eigenvalue weighted by Gasteiger charge is -2.07. The molecular formula is C15H11F3N2O. The molecule has 0 aliphatic heterocycles. The van der Waals surface area contributed by atoms with Crippen LogP contribution in [0.4, 0.5) is 19.2 Å². The molecule has 1 N–H and O–H groups in total. The Morgan fingerprint density at radius 3 is 2.38 bits per heavy atom. The van der Waals surface area contributed by atoms with Crippen molar-refractivity contribution in [3.05, 3.63) is 59.7 Å². The first-order valence-corrected chi connectivity index (χ1v) is 6.28. The Morgan fingerprint density at radius 2 is 1.71 bits per heavy atom. The fraction of sp³-hybridized carbons (Fsp3) is 0.133. The topological polar surface area (TPSA) is 38.1 Å². The van der Waals surface area contributed by atoms with Gasteiger partial charge >= 0.3 is 6.18 Å². The quantitative estimate of drug-likeness (QED) is 0.774. The molecule has 3 nitrogen and oxygen atoms in total. The lowest BCUT2D eigenvalue weighted by atomic mass is 10.1. The van der Waals surface area contributed by atoms with Gasteiger partial charge in [0.2, 0.25) is 0 Å². The minimum Gasteiger partial charge on any atom is -0.424 e. The Morgan fingerprint density at radius 1 is 1.00 bits per heavy atom. The molecule has 3 aromatic rings. The van der Waals surface area contributed by atoms with Gasteiger partial charge in [-0.25, -0.2) is 0 Å². The Labute approximate surface area is 118 Å². The number of alkyl halides is 3. The molecule has 0 saturated heterocycles. The minimum atomic E-state index is -4.31. The van der Waals surface area contributed by atoms with Crippen LogP contribution in [0.15, 0.2) is 52.9 Å². The zero-order valence-electron chi connectivity index (χ0n) is 10.8. The number of hydrogen-bond donors (Lipinski definition) is 1. The van der Waals surface area contributed by atoms with Gasteiger partial charge in [0, 0.05) is 6.54 Å². The van der Waals surface area contributed by atoms with Gasteiger partial charge in [0.25, 0.3) is 6.01 Å². The molecule has 6 heteroatoms. The highest BCUT2D eigenvalue weighted by atomic mass is 19.4. The SMILES string of the molecule is FC(F)(F)c1ccc(CNc2nc3ccccc3o2)cc1. The van der Waals surface area contributed by atoms with E-state index in [1.165, 1.54) is 12.1 Å². The molecule has 21 heavy (non-hydrogen) atoms. The Kier molecular flexibility index (Phi) is 3.29. The third kappa shape index (κ3) is 2.99. The van der Waals surface area contributed by atoms with Gasteiger partial charge in [-0.3, -0.25) is 0 Å². The zero-order chi connectivity index (χ0) is 14.9. The van der Waals surface area contributed by atoms with Crippen molar-refractivity contribution >= 4 is 17.1 Å². The molecular weight excluding hydrogens is 281 g/mol. The number of para-hydroxylation sites is 2.